The Morgan fingerprint density at radius 3 is 2.78 bits per heavy atom. The number of aryl methyl sites for hydroxylation is 1. The van der Waals surface area contributed by atoms with E-state index in [-0.39, 0.29) is 5.91 Å². The maximum absolute atomic E-state index is 12.9. The molecule has 9 heteroatoms. The zero-order valence-electron chi connectivity index (χ0n) is 16.9. The third-order valence-electron chi connectivity index (χ3n) is 5.14. The molecule has 1 aliphatic rings. The standard InChI is InChI=1S/C23H18N6OS2/c30-22-20(32-23(31)29(22)12-4-9-21-25-27-28-26-21)14-18-7-3-8-19(24-18)17-11-10-15-5-1-2-6-16(15)13-17/h1-3,5-8,10-11,13-14H,4,9,12H2,(H,25,26,27,28). The van der Waals surface area contributed by atoms with Crippen molar-refractivity contribution in [2.75, 3.05) is 6.54 Å². The van der Waals surface area contributed by atoms with Gasteiger partial charge in [0.15, 0.2) is 5.82 Å². The summed E-state index contributed by atoms with van der Waals surface area (Å²) in [7, 11) is 0. The Balaban J connectivity index is 1.33. The monoisotopic (exact) mass is 458 g/mol. The van der Waals surface area contributed by atoms with Crippen LogP contribution in [0, 0.1) is 0 Å². The van der Waals surface area contributed by atoms with E-state index in [1.807, 2.05) is 36.4 Å². The largest absolute Gasteiger partial charge is 0.293 e. The van der Waals surface area contributed by atoms with Crippen LogP contribution < -0.4 is 0 Å². The molecular weight excluding hydrogens is 440 g/mol. The van der Waals surface area contributed by atoms with Gasteiger partial charge >= 0.3 is 0 Å². The maximum Gasteiger partial charge on any atom is 0.266 e. The van der Waals surface area contributed by atoms with E-state index in [1.165, 1.54) is 22.5 Å². The summed E-state index contributed by atoms with van der Waals surface area (Å²) in [6.07, 6.45) is 3.14. The first kappa shape index (κ1) is 20.5. The molecule has 5 rings (SSSR count). The highest BCUT2D eigenvalue weighted by Crippen LogP contribution is 2.33. The quantitative estimate of drug-likeness (QED) is 0.341. The molecule has 4 aromatic rings. The molecule has 158 valence electrons. The lowest BCUT2D eigenvalue weighted by molar-refractivity contribution is -0.122. The van der Waals surface area contributed by atoms with Gasteiger partial charge in [-0.15, -0.1) is 10.2 Å². The van der Waals surface area contributed by atoms with Crippen molar-refractivity contribution in [3.05, 3.63) is 77.1 Å². The van der Waals surface area contributed by atoms with Crippen LogP contribution in [0.2, 0.25) is 0 Å². The summed E-state index contributed by atoms with van der Waals surface area (Å²) in [5.74, 6) is 0.534. The second kappa shape index (κ2) is 8.97. The van der Waals surface area contributed by atoms with Crippen molar-refractivity contribution in [3.63, 3.8) is 0 Å². The van der Waals surface area contributed by atoms with Gasteiger partial charge in [-0.25, -0.2) is 4.98 Å². The van der Waals surface area contributed by atoms with Crippen molar-refractivity contribution in [1.29, 1.82) is 0 Å². The third-order valence-corrected chi connectivity index (χ3v) is 6.52. The van der Waals surface area contributed by atoms with Crippen molar-refractivity contribution in [2.45, 2.75) is 12.8 Å². The van der Waals surface area contributed by atoms with E-state index < -0.39 is 0 Å². The summed E-state index contributed by atoms with van der Waals surface area (Å²) in [6.45, 7) is 0.515. The fourth-order valence-electron chi connectivity index (χ4n) is 3.55. The maximum atomic E-state index is 12.9. The van der Waals surface area contributed by atoms with Crippen LogP contribution in [0.4, 0.5) is 0 Å². The van der Waals surface area contributed by atoms with E-state index in [0.717, 1.165) is 17.0 Å². The summed E-state index contributed by atoms with van der Waals surface area (Å²) >= 11 is 6.74. The topological polar surface area (TPSA) is 87.7 Å². The summed E-state index contributed by atoms with van der Waals surface area (Å²) in [5, 5.41) is 16.2. The lowest BCUT2D eigenvalue weighted by Gasteiger charge is -2.13. The third kappa shape index (κ3) is 4.30. The number of rotatable bonds is 6. The molecule has 7 nitrogen and oxygen atoms in total. The molecule has 0 radical (unpaired) electrons. The zero-order valence-corrected chi connectivity index (χ0v) is 18.6. The van der Waals surface area contributed by atoms with Gasteiger partial charge in [0.25, 0.3) is 5.91 Å². The lowest BCUT2D eigenvalue weighted by Crippen LogP contribution is -2.29. The number of carbonyl (C=O) groups is 1. The van der Waals surface area contributed by atoms with E-state index in [4.69, 9.17) is 17.2 Å². The van der Waals surface area contributed by atoms with Gasteiger partial charge in [-0.05, 0) is 41.5 Å². The Morgan fingerprint density at radius 1 is 1.06 bits per heavy atom. The Morgan fingerprint density at radius 2 is 1.94 bits per heavy atom. The number of thiocarbonyl (C=S) groups is 1. The molecule has 3 heterocycles. The van der Waals surface area contributed by atoms with Crippen LogP contribution in [-0.4, -0.2) is 47.3 Å². The fourth-order valence-corrected chi connectivity index (χ4v) is 4.85. The molecule has 1 N–H and O–H groups in total. The van der Waals surface area contributed by atoms with Crippen molar-refractivity contribution >= 4 is 51.1 Å². The number of H-pyrrole nitrogens is 1. The average Bonchev–Trinajstić information content (AvgIpc) is 3.43. The number of aromatic nitrogens is 5. The van der Waals surface area contributed by atoms with Gasteiger partial charge < -0.3 is 0 Å². The Hall–Kier alpha value is -3.43. The second-order valence-electron chi connectivity index (χ2n) is 7.27. The predicted octanol–water partition coefficient (Wildman–Crippen LogP) is 4.25. The number of carbonyl (C=O) groups excluding carboxylic acids is 1. The Bertz CT molecular complexity index is 1340. The number of nitrogens with zero attached hydrogens (tertiary/aromatic N) is 5. The second-order valence-corrected chi connectivity index (χ2v) is 8.95. The number of fused-ring (bicyclic) bond motifs is 1. The number of aromatic amines is 1. The van der Waals surface area contributed by atoms with E-state index >= 15 is 0 Å². The molecule has 0 aliphatic carbocycles. The average molecular weight is 459 g/mol. The molecule has 1 fully saturated rings. The number of hydrogen-bond donors (Lipinski definition) is 1. The van der Waals surface area contributed by atoms with Crippen molar-refractivity contribution in [1.82, 2.24) is 30.5 Å². The van der Waals surface area contributed by atoms with Gasteiger partial charge in [-0.1, -0.05) is 71.7 Å². The molecule has 0 bridgehead atoms. The molecule has 2 aromatic heterocycles. The first-order valence-corrected chi connectivity index (χ1v) is 11.3. The van der Waals surface area contributed by atoms with Crippen molar-refractivity contribution in [2.24, 2.45) is 0 Å². The summed E-state index contributed by atoms with van der Waals surface area (Å²) < 4.78 is 0.556. The van der Waals surface area contributed by atoms with Crippen LogP contribution in [0.3, 0.4) is 0 Å². The van der Waals surface area contributed by atoms with E-state index in [1.54, 1.807) is 4.90 Å². The molecule has 0 spiro atoms. The number of pyridine rings is 1. The van der Waals surface area contributed by atoms with Crippen molar-refractivity contribution in [3.8, 4) is 11.3 Å². The Kier molecular flexibility index (Phi) is 5.74. The molecular formula is C23H18N6OS2. The van der Waals surface area contributed by atoms with Crippen LogP contribution in [0.15, 0.2) is 65.6 Å². The molecule has 1 amide bonds. The van der Waals surface area contributed by atoms with Gasteiger partial charge in [0.1, 0.15) is 4.32 Å². The van der Waals surface area contributed by atoms with Gasteiger partial charge in [0, 0.05) is 18.5 Å². The number of hydrogen-bond acceptors (Lipinski definition) is 7. The highest BCUT2D eigenvalue weighted by molar-refractivity contribution is 8.26. The van der Waals surface area contributed by atoms with Crippen LogP contribution in [0.5, 0.6) is 0 Å². The lowest BCUT2D eigenvalue weighted by atomic mass is 10.0. The predicted molar refractivity (Wildman–Crippen MR) is 130 cm³/mol. The highest BCUT2D eigenvalue weighted by Gasteiger charge is 2.31. The Labute approximate surface area is 193 Å². The van der Waals surface area contributed by atoms with Gasteiger partial charge in [-0.3, -0.25) is 9.69 Å². The SMILES string of the molecule is O=C1C(=Cc2cccc(-c3ccc4ccccc4c3)n2)SC(=S)N1CCCc1nn[nH]n1. The van der Waals surface area contributed by atoms with E-state index in [2.05, 4.69) is 51.0 Å². The highest BCUT2D eigenvalue weighted by atomic mass is 32.2. The minimum Gasteiger partial charge on any atom is -0.293 e. The van der Waals surface area contributed by atoms with Crippen LogP contribution in [-0.2, 0) is 11.2 Å². The normalized spacial score (nSPS) is 15.2. The fraction of sp³-hybridized carbons (Fsp3) is 0.130. The number of tetrazole rings is 1. The number of benzene rings is 2. The van der Waals surface area contributed by atoms with Crippen molar-refractivity contribution < 1.29 is 4.79 Å². The minimum absolute atomic E-state index is 0.0916. The first-order chi connectivity index (χ1) is 15.7. The molecule has 2 aromatic carbocycles. The van der Waals surface area contributed by atoms with Gasteiger partial charge in [0.05, 0.1) is 16.3 Å². The van der Waals surface area contributed by atoms with Crippen LogP contribution >= 0.6 is 24.0 Å². The summed E-state index contributed by atoms with van der Waals surface area (Å²) in [5.41, 5.74) is 2.62. The molecule has 0 unspecified atom stereocenters. The smallest absolute Gasteiger partial charge is 0.266 e. The summed E-state index contributed by atoms with van der Waals surface area (Å²) in [6, 6.07) is 20.4. The first-order valence-electron chi connectivity index (χ1n) is 10.1. The molecule has 0 saturated carbocycles. The van der Waals surface area contributed by atoms with E-state index in [0.29, 0.717) is 34.4 Å². The minimum atomic E-state index is -0.0916. The molecule has 1 saturated heterocycles. The molecule has 0 atom stereocenters. The summed E-state index contributed by atoms with van der Waals surface area (Å²) in [4.78, 5) is 19.9. The van der Waals surface area contributed by atoms with E-state index in [9.17, 15) is 4.79 Å². The molecule has 1 aliphatic heterocycles. The van der Waals surface area contributed by atoms with Gasteiger partial charge in [-0.2, -0.15) is 5.21 Å². The van der Waals surface area contributed by atoms with Gasteiger partial charge in [0.2, 0.25) is 0 Å². The zero-order chi connectivity index (χ0) is 21.9. The van der Waals surface area contributed by atoms with Crippen LogP contribution in [0.1, 0.15) is 17.9 Å². The number of thioether (sulfide) groups is 1. The van der Waals surface area contributed by atoms with Crippen LogP contribution in [0.25, 0.3) is 28.1 Å². The molecule has 32 heavy (non-hydrogen) atoms. The number of nitrogens with one attached hydrogen (secondary N) is 1. The number of amides is 1.